The number of allylic oxidation sites excluding steroid dienone is 1. The highest BCUT2D eigenvalue weighted by molar-refractivity contribution is 5.78. The summed E-state index contributed by atoms with van der Waals surface area (Å²) in [6, 6.07) is 0. The Bertz CT molecular complexity index is 262. The van der Waals surface area contributed by atoms with E-state index in [9.17, 15) is 4.79 Å². The second-order valence-electron chi connectivity index (χ2n) is 5.95. The fourth-order valence-corrected chi connectivity index (χ4v) is 1.91. The average Bonchev–Trinajstić information content (AvgIpc) is 2.06. The van der Waals surface area contributed by atoms with E-state index in [-0.39, 0.29) is 11.3 Å². The van der Waals surface area contributed by atoms with Crippen LogP contribution < -0.4 is 0 Å². The molecule has 1 atom stereocenters. The van der Waals surface area contributed by atoms with Gasteiger partial charge in [-0.15, -0.1) is 0 Å². The Hall–Kier alpha value is -0.790. The molecule has 86 valence electrons. The zero-order valence-electron chi connectivity index (χ0n) is 10.5. The Morgan fingerprint density at radius 1 is 1.53 bits per heavy atom. The predicted octanol–water partition coefficient (Wildman–Crippen LogP) is 3.19. The molecule has 1 aliphatic heterocycles. The van der Waals surface area contributed by atoms with Crippen LogP contribution >= 0.6 is 0 Å². The second-order valence-corrected chi connectivity index (χ2v) is 5.95. The molecule has 0 aromatic heterocycles. The maximum absolute atomic E-state index is 12.0. The smallest absolute Gasteiger partial charge is 0.227 e. The third-order valence-corrected chi connectivity index (χ3v) is 2.78. The highest BCUT2D eigenvalue weighted by atomic mass is 16.2. The van der Waals surface area contributed by atoms with Gasteiger partial charge in [-0.05, 0) is 24.2 Å². The molecular formula is C13H23NO. The lowest BCUT2D eigenvalue weighted by molar-refractivity contribution is -0.132. The molecule has 0 aromatic carbocycles. The van der Waals surface area contributed by atoms with Crippen molar-refractivity contribution >= 4 is 5.91 Å². The van der Waals surface area contributed by atoms with E-state index in [2.05, 4.69) is 34.3 Å². The lowest BCUT2D eigenvalue weighted by Crippen LogP contribution is -2.38. The number of likely N-dealkylation sites (tertiary alicyclic amines) is 1. The molecule has 15 heavy (non-hydrogen) atoms. The van der Waals surface area contributed by atoms with Crippen LogP contribution in [0.25, 0.3) is 0 Å². The molecule has 2 heteroatoms. The van der Waals surface area contributed by atoms with Crippen molar-refractivity contribution in [1.82, 2.24) is 4.90 Å². The fraction of sp³-hybridized carbons (Fsp3) is 0.769. The Labute approximate surface area is 93.3 Å². The van der Waals surface area contributed by atoms with E-state index in [1.54, 1.807) is 0 Å². The fourth-order valence-electron chi connectivity index (χ4n) is 1.91. The standard InChI is InChI=1S/C13H23NO/c1-10-6-7-11(2)14(9-10)12(15)8-13(3,4)5/h10H,2,6-9H2,1,3-5H3. The molecule has 0 N–H and O–H groups in total. The van der Waals surface area contributed by atoms with E-state index in [1.165, 1.54) is 0 Å². The van der Waals surface area contributed by atoms with Gasteiger partial charge in [0.2, 0.25) is 5.91 Å². The van der Waals surface area contributed by atoms with Gasteiger partial charge in [0.15, 0.2) is 0 Å². The largest absolute Gasteiger partial charge is 0.317 e. The summed E-state index contributed by atoms with van der Waals surface area (Å²) in [4.78, 5) is 13.9. The Kier molecular flexibility index (Phi) is 3.58. The highest BCUT2D eigenvalue weighted by Crippen LogP contribution is 2.27. The quantitative estimate of drug-likeness (QED) is 0.649. The normalized spacial score (nSPS) is 23.1. The molecule has 1 saturated heterocycles. The number of hydrogen-bond acceptors (Lipinski definition) is 1. The Balaban J connectivity index is 2.61. The number of rotatable bonds is 1. The van der Waals surface area contributed by atoms with Crippen LogP contribution in [-0.2, 0) is 4.79 Å². The van der Waals surface area contributed by atoms with E-state index >= 15 is 0 Å². The highest BCUT2D eigenvalue weighted by Gasteiger charge is 2.26. The minimum absolute atomic E-state index is 0.0675. The summed E-state index contributed by atoms with van der Waals surface area (Å²) in [5.41, 5.74) is 1.07. The van der Waals surface area contributed by atoms with E-state index in [0.717, 1.165) is 25.1 Å². The van der Waals surface area contributed by atoms with Crippen LogP contribution in [0, 0.1) is 11.3 Å². The molecule has 1 rings (SSSR count). The SMILES string of the molecule is C=C1CCC(C)CN1C(=O)CC(C)(C)C. The molecule has 0 bridgehead atoms. The Morgan fingerprint density at radius 3 is 2.67 bits per heavy atom. The zero-order valence-corrected chi connectivity index (χ0v) is 10.5. The van der Waals surface area contributed by atoms with Crippen molar-refractivity contribution in [2.24, 2.45) is 11.3 Å². The summed E-state index contributed by atoms with van der Waals surface area (Å²) in [5.74, 6) is 0.846. The third-order valence-electron chi connectivity index (χ3n) is 2.78. The second kappa shape index (κ2) is 4.38. The molecule has 1 amide bonds. The van der Waals surface area contributed by atoms with Crippen molar-refractivity contribution in [1.29, 1.82) is 0 Å². The van der Waals surface area contributed by atoms with Gasteiger partial charge in [-0.2, -0.15) is 0 Å². The average molecular weight is 209 g/mol. The van der Waals surface area contributed by atoms with Crippen LogP contribution in [0.1, 0.15) is 47.0 Å². The van der Waals surface area contributed by atoms with Crippen LogP contribution in [0.5, 0.6) is 0 Å². The number of amides is 1. The third kappa shape index (κ3) is 3.69. The van der Waals surface area contributed by atoms with Crippen LogP contribution in [0.4, 0.5) is 0 Å². The van der Waals surface area contributed by atoms with E-state index < -0.39 is 0 Å². The number of piperidine rings is 1. The van der Waals surface area contributed by atoms with Gasteiger partial charge in [0.05, 0.1) is 0 Å². The lowest BCUT2D eigenvalue weighted by Gasteiger charge is -2.34. The van der Waals surface area contributed by atoms with Gasteiger partial charge in [0.1, 0.15) is 0 Å². The molecule has 0 spiro atoms. The van der Waals surface area contributed by atoms with Gasteiger partial charge in [0, 0.05) is 18.7 Å². The number of carbonyl (C=O) groups is 1. The van der Waals surface area contributed by atoms with Crippen LogP contribution in [0.15, 0.2) is 12.3 Å². The summed E-state index contributed by atoms with van der Waals surface area (Å²) in [5, 5.41) is 0. The van der Waals surface area contributed by atoms with Gasteiger partial charge in [-0.1, -0.05) is 34.3 Å². The van der Waals surface area contributed by atoms with Crippen molar-refractivity contribution in [3.05, 3.63) is 12.3 Å². The molecule has 2 nitrogen and oxygen atoms in total. The summed E-state index contributed by atoms with van der Waals surface area (Å²) in [6.07, 6.45) is 2.74. The first-order chi connectivity index (χ1) is 6.79. The first-order valence-electron chi connectivity index (χ1n) is 5.78. The maximum atomic E-state index is 12.0. The monoisotopic (exact) mass is 209 g/mol. The maximum Gasteiger partial charge on any atom is 0.227 e. The first-order valence-corrected chi connectivity index (χ1v) is 5.78. The minimum atomic E-state index is 0.0675. The van der Waals surface area contributed by atoms with E-state index in [1.807, 2.05) is 4.90 Å². The molecule has 0 aromatic rings. The van der Waals surface area contributed by atoms with Crippen molar-refractivity contribution < 1.29 is 4.79 Å². The molecule has 0 saturated carbocycles. The number of nitrogens with zero attached hydrogens (tertiary/aromatic N) is 1. The van der Waals surface area contributed by atoms with Gasteiger partial charge in [0.25, 0.3) is 0 Å². The summed E-state index contributed by atoms with van der Waals surface area (Å²) in [6.45, 7) is 13.3. The van der Waals surface area contributed by atoms with Gasteiger partial charge < -0.3 is 4.90 Å². The van der Waals surface area contributed by atoms with Crippen LogP contribution in [0.2, 0.25) is 0 Å². The zero-order chi connectivity index (χ0) is 11.6. The van der Waals surface area contributed by atoms with Crippen LogP contribution in [0.3, 0.4) is 0 Å². The predicted molar refractivity (Wildman–Crippen MR) is 63.3 cm³/mol. The van der Waals surface area contributed by atoms with Gasteiger partial charge >= 0.3 is 0 Å². The molecule has 0 aliphatic carbocycles. The molecule has 1 unspecified atom stereocenters. The van der Waals surface area contributed by atoms with Crippen LogP contribution in [-0.4, -0.2) is 17.4 Å². The number of hydrogen-bond donors (Lipinski definition) is 0. The number of carbonyl (C=O) groups excluding carboxylic acids is 1. The molecule has 1 heterocycles. The summed E-state index contributed by atoms with van der Waals surface area (Å²) < 4.78 is 0. The van der Waals surface area contributed by atoms with E-state index in [4.69, 9.17) is 0 Å². The van der Waals surface area contributed by atoms with Crippen molar-refractivity contribution in [3.8, 4) is 0 Å². The van der Waals surface area contributed by atoms with Crippen molar-refractivity contribution in [2.45, 2.75) is 47.0 Å². The lowest BCUT2D eigenvalue weighted by atomic mass is 9.90. The minimum Gasteiger partial charge on any atom is -0.317 e. The molecular weight excluding hydrogens is 186 g/mol. The molecule has 1 aliphatic rings. The van der Waals surface area contributed by atoms with E-state index in [0.29, 0.717) is 12.3 Å². The molecule has 1 fully saturated rings. The summed E-state index contributed by atoms with van der Waals surface area (Å²) in [7, 11) is 0. The van der Waals surface area contributed by atoms with Gasteiger partial charge in [-0.3, -0.25) is 4.79 Å². The Morgan fingerprint density at radius 2 is 2.13 bits per heavy atom. The van der Waals surface area contributed by atoms with Gasteiger partial charge in [-0.25, -0.2) is 0 Å². The summed E-state index contributed by atoms with van der Waals surface area (Å²) >= 11 is 0. The topological polar surface area (TPSA) is 20.3 Å². The van der Waals surface area contributed by atoms with Crippen molar-refractivity contribution in [3.63, 3.8) is 0 Å². The van der Waals surface area contributed by atoms with Crippen molar-refractivity contribution in [2.75, 3.05) is 6.54 Å². The first kappa shape index (κ1) is 12.3. The molecule has 0 radical (unpaired) electrons.